The molecule has 0 amide bonds. The lowest BCUT2D eigenvalue weighted by atomic mass is 9.96. The van der Waals surface area contributed by atoms with E-state index >= 15 is 0 Å². The minimum absolute atomic E-state index is 0.884. The first-order valence-corrected chi connectivity index (χ1v) is 16.1. The van der Waals surface area contributed by atoms with Gasteiger partial charge in [-0.25, -0.2) is 0 Å². The van der Waals surface area contributed by atoms with Crippen LogP contribution in [0.15, 0.2) is 158 Å². The largest absolute Gasteiger partial charge is 0.453 e. The number of ether oxygens (including phenoxy) is 1. The topological polar surface area (TPSA) is 19.1 Å². The van der Waals surface area contributed by atoms with Crippen LogP contribution in [0.4, 0.5) is 0 Å². The van der Waals surface area contributed by atoms with E-state index in [-0.39, 0.29) is 0 Å². The van der Waals surface area contributed by atoms with Gasteiger partial charge in [-0.1, -0.05) is 103 Å². The van der Waals surface area contributed by atoms with Crippen molar-refractivity contribution in [3.63, 3.8) is 0 Å². The zero-order chi connectivity index (χ0) is 30.6. The molecule has 11 rings (SSSR count). The normalized spacial score (nSPS) is 12.4. The highest BCUT2D eigenvalue weighted by Crippen LogP contribution is 2.46. The molecule has 10 aromatic rings. The summed E-state index contributed by atoms with van der Waals surface area (Å²) in [5, 5.41) is 10.0. The van der Waals surface area contributed by atoms with Crippen molar-refractivity contribution in [2.24, 2.45) is 0 Å². The second kappa shape index (κ2) is 9.12. The maximum absolute atomic E-state index is 6.32. The highest BCUT2D eigenvalue weighted by Gasteiger charge is 2.23. The summed E-state index contributed by atoms with van der Waals surface area (Å²) in [5.41, 5.74) is 9.44. The van der Waals surface area contributed by atoms with E-state index in [0.717, 1.165) is 22.7 Å². The van der Waals surface area contributed by atoms with Crippen molar-refractivity contribution in [1.29, 1.82) is 0 Å². The molecule has 2 aromatic heterocycles. The number of benzene rings is 8. The van der Waals surface area contributed by atoms with Gasteiger partial charge in [-0.3, -0.25) is 0 Å². The van der Waals surface area contributed by atoms with Gasteiger partial charge in [0.1, 0.15) is 0 Å². The minimum Gasteiger partial charge on any atom is -0.453 e. The number of aromatic nitrogens is 2. The van der Waals surface area contributed by atoms with Crippen LogP contribution in [0.3, 0.4) is 0 Å². The van der Waals surface area contributed by atoms with Crippen molar-refractivity contribution < 1.29 is 4.74 Å². The molecule has 0 spiro atoms. The number of rotatable bonds is 2. The zero-order valence-electron chi connectivity index (χ0n) is 25.3. The summed E-state index contributed by atoms with van der Waals surface area (Å²) in [4.78, 5) is 0. The lowest BCUT2D eigenvalue weighted by Crippen LogP contribution is -2.03. The Morgan fingerprint density at radius 1 is 0.362 bits per heavy atom. The standard InChI is InChI=1S/C44H26N2O/c1-3-11-38-34(8-1)35-9-2-4-12-39(35)45(38)31-20-23-33-30(25-31)17-16-29-24-27(18-21-32(29)33)28-19-22-36-37-10-7-15-43-44(37)46(41(36)26-28)40-13-5-6-14-42(40)47-43/h1-26H. The molecule has 0 radical (unpaired) electrons. The molecule has 3 nitrogen and oxygen atoms in total. The third-order valence-electron chi connectivity index (χ3n) is 10.1. The van der Waals surface area contributed by atoms with E-state index in [4.69, 9.17) is 4.74 Å². The Hall–Kier alpha value is -6.32. The molecule has 0 saturated carbocycles. The molecule has 0 fully saturated rings. The van der Waals surface area contributed by atoms with Crippen LogP contribution in [-0.2, 0) is 0 Å². The highest BCUT2D eigenvalue weighted by atomic mass is 16.5. The number of para-hydroxylation sites is 5. The van der Waals surface area contributed by atoms with Gasteiger partial charge in [-0.05, 0) is 87.3 Å². The fourth-order valence-corrected chi connectivity index (χ4v) is 7.97. The molecule has 0 bridgehead atoms. The average molecular weight is 599 g/mol. The van der Waals surface area contributed by atoms with Crippen molar-refractivity contribution in [1.82, 2.24) is 9.13 Å². The Morgan fingerprint density at radius 3 is 1.77 bits per heavy atom. The van der Waals surface area contributed by atoms with Crippen molar-refractivity contribution in [3.05, 3.63) is 158 Å². The van der Waals surface area contributed by atoms with Gasteiger partial charge in [-0.15, -0.1) is 0 Å². The number of fused-ring (bicyclic) bond motifs is 11. The molecule has 1 aliphatic heterocycles. The first-order valence-electron chi connectivity index (χ1n) is 16.1. The van der Waals surface area contributed by atoms with Gasteiger partial charge in [0, 0.05) is 27.2 Å². The SMILES string of the molecule is c1ccc2c(c1)Oc1cccc3c4ccc(-c5ccc6c(ccc7cc(-n8c9ccccc9c9ccccc98)ccc76)c5)cc4n-2c13. The Balaban J connectivity index is 1.06. The first kappa shape index (κ1) is 24.9. The van der Waals surface area contributed by atoms with E-state index in [1.807, 2.05) is 12.1 Å². The first-order chi connectivity index (χ1) is 23.3. The molecular weight excluding hydrogens is 572 g/mol. The molecule has 0 aliphatic carbocycles. The molecule has 0 atom stereocenters. The number of nitrogens with zero attached hydrogens (tertiary/aromatic N) is 2. The van der Waals surface area contributed by atoms with Crippen LogP contribution in [0.25, 0.3) is 87.7 Å². The second-order valence-electron chi connectivity index (χ2n) is 12.6. The summed E-state index contributed by atoms with van der Waals surface area (Å²) in [6.45, 7) is 0. The van der Waals surface area contributed by atoms with Crippen LogP contribution in [-0.4, -0.2) is 9.13 Å². The maximum atomic E-state index is 6.32. The third-order valence-corrected chi connectivity index (χ3v) is 10.1. The van der Waals surface area contributed by atoms with E-state index in [9.17, 15) is 0 Å². The van der Waals surface area contributed by atoms with E-state index < -0.39 is 0 Å². The Labute approximate surface area is 270 Å². The van der Waals surface area contributed by atoms with Gasteiger partial charge in [0.15, 0.2) is 11.5 Å². The average Bonchev–Trinajstić information content (AvgIpc) is 3.65. The summed E-state index contributed by atoms with van der Waals surface area (Å²) in [6, 6.07) is 57.2. The van der Waals surface area contributed by atoms with Gasteiger partial charge < -0.3 is 13.9 Å². The molecule has 8 aromatic carbocycles. The lowest BCUT2D eigenvalue weighted by molar-refractivity contribution is 0.476. The second-order valence-corrected chi connectivity index (χ2v) is 12.6. The van der Waals surface area contributed by atoms with Crippen LogP contribution >= 0.6 is 0 Å². The lowest BCUT2D eigenvalue weighted by Gasteiger charge is -2.20. The van der Waals surface area contributed by atoms with E-state index in [1.54, 1.807) is 0 Å². The summed E-state index contributed by atoms with van der Waals surface area (Å²) in [6.07, 6.45) is 0. The fourth-order valence-electron chi connectivity index (χ4n) is 7.97. The molecule has 218 valence electrons. The summed E-state index contributed by atoms with van der Waals surface area (Å²) >= 11 is 0. The number of hydrogen-bond acceptors (Lipinski definition) is 1. The van der Waals surface area contributed by atoms with Gasteiger partial charge >= 0.3 is 0 Å². The summed E-state index contributed by atoms with van der Waals surface area (Å²) < 4.78 is 11.1. The Bertz CT molecular complexity index is 2890. The van der Waals surface area contributed by atoms with Gasteiger partial charge in [0.2, 0.25) is 0 Å². The highest BCUT2D eigenvalue weighted by molar-refractivity contribution is 6.14. The van der Waals surface area contributed by atoms with Crippen molar-refractivity contribution in [2.75, 3.05) is 0 Å². The van der Waals surface area contributed by atoms with Gasteiger partial charge in [0.25, 0.3) is 0 Å². The molecule has 3 heteroatoms. The Morgan fingerprint density at radius 2 is 0.957 bits per heavy atom. The fraction of sp³-hybridized carbons (Fsp3) is 0. The molecular formula is C44H26N2O. The Kier molecular flexibility index (Phi) is 4.84. The zero-order valence-corrected chi connectivity index (χ0v) is 25.3. The van der Waals surface area contributed by atoms with Crippen LogP contribution in [0, 0.1) is 0 Å². The number of hydrogen-bond donors (Lipinski definition) is 0. The molecule has 0 N–H and O–H groups in total. The summed E-state index contributed by atoms with van der Waals surface area (Å²) in [7, 11) is 0. The van der Waals surface area contributed by atoms with Crippen molar-refractivity contribution >= 4 is 65.2 Å². The summed E-state index contributed by atoms with van der Waals surface area (Å²) in [5.74, 6) is 1.78. The van der Waals surface area contributed by atoms with Crippen molar-refractivity contribution in [2.45, 2.75) is 0 Å². The van der Waals surface area contributed by atoms with Crippen LogP contribution in [0.1, 0.15) is 0 Å². The van der Waals surface area contributed by atoms with Gasteiger partial charge in [0.05, 0.1) is 27.8 Å². The molecule has 0 saturated heterocycles. The molecule has 1 aliphatic rings. The monoisotopic (exact) mass is 598 g/mol. The smallest absolute Gasteiger partial charge is 0.152 e. The van der Waals surface area contributed by atoms with Crippen molar-refractivity contribution in [3.8, 4) is 34.0 Å². The third kappa shape index (κ3) is 3.40. The van der Waals surface area contributed by atoms with Gasteiger partial charge in [-0.2, -0.15) is 0 Å². The van der Waals surface area contributed by atoms with Crippen LogP contribution in [0.5, 0.6) is 11.5 Å². The van der Waals surface area contributed by atoms with Crippen LogP contribution in [0.2, 0.25) is 0 Å². The van der Waals surface area contributed by atoms with E-state index in [0.29, 0.717) is 0 Å². The minimum atomic E-state index is 0.884. The van der Waals surface area contributed by atoms with E-state index in [2.05, 4.69) is 155 Å². The predicted octanol–water partition coefficient (Wildman–Crippen LogP) is 12.0. The molecule has 3 heterocycles. The maximum Gasteiger partial charge on any atom is 0.152 e. The molecule has 0 unspecified atom stereocenters. The van der Waals surface area contributed by atoms with E-state index in [1.165, 1.54) is 76.5 Å². The molecule has 47 heavy (non-hydrogen) atoms. The van der Waals surface area contributed by atoms with Crippen LogP contribution < -0.4 is 4.74 Å². The predicted molar refractivity (Wildman–Crippen MR) is 196 cm³/mol. The quantitative estimate of drug-likeness (QED) is 0.181.